The van der Waals surface area contributed by atoms with Crippen molar-refractivity contribution in [3.05, 3.63) is 66.0 Å². The fourth-order valence-electron chi connectivity index (χ4n) is 10.5. The summed E-state index contributed by atoms with van der Waals surface area (Å²) in [7, 11) is 9.14. The van der Waals surface area contributed by atoms with Crippen molar-refractivity contribution in [3.63, 3.8) is 0 Å². The summed E-state index contributed by atoms with van der Waals surface area (Å²) < 4.78 is 70.5. The van der Waals surface area contributed by atoms with Crippen molar-refractivity contribution in [3.8, 4) is 11.5 Å². The summed E-state index contributed by atoms with van der Waals surface area (Å²) in [5.41, 5.74) is 3.76. The lowest BCUT2D eigenvalue weighted by atomic mass is 9.94. The number of carboxylic acid groups (broad SMARTS) is 1. The third-order valence-corrected chi connectivity index (χ3v) is 14.6. The van der Waals surface area contributed by atoms with E-state index in [4.69, 9.17) is 9.47 Å². The van der Waals surface area contributed by atoms with Crippen LogP contribution >= 0.6 is 0 Å². The number of likely N-dealkylation sites (N-methyl/N-ethyl adjacent to an activating group) is 1. The number of piperazine rings is 1. The number of hydrazine groups is 2. The normalized spacial score (nSPS) is 20.4. The minimum Gasteiger partial charge on any atom is -0.497 e. The van der Waals surface area contributed by atoms with Gasteiger partial charge in [-0.25, -0.2) is 20.2 Å². The van der Waals surface area contributed by atoms with Gasteiger partial charge in [-0.05, 0) is 82.4 Å². The fraction of sp³-hybridized carbons (Fsp3) is 0.519. The van der Waals surface area contributed by atoms with Crippen LogP contribution in [-0.2, 0) is 14.4 Å². The number of amides is 4. The molecule has 4 aromatic rings. The van der Waals surface area contributed by atoms with Gasteiger partial charge in [0.25, 0.3) is 17.7 Å². The minimum atomic E-state index is -3.61. The molecule has 1 saturated heterocycles. The first-order valence-electron chi connectivity index (χ1n) is 25.8. The van der Waals surface area contributed by atoms with Gasteiger partial charge in [-0.2, -0.15) is 37.7 Å². The molecule has 2 atom stereocenters. The number of para-hydroxylation sites is 1. The van der Waals surface area contributed by atoms with Gasteiger partial charge in [0.05, 0.1) is 57.5 Å². The average molecular weight is 1090 g/mol. The van der Waals surface area contributed by atoms with E-state index in [-0.39, 0.29) is 76.4 Å². The number of aromatic carboxylic acids is 1. The molecule has 2 aliphatic carbocycles. The maximum Gasteiger partial charge on any atom is 0.342 e. The predicted octanol–water partition coefficient (Wildman–Crippen LogP) is 5.86. The molecule has 0 bridgehead atoms. The molecule has 5 aliphatic rings. The lowest BCUT2D eigenvalue weighted by molar-refractivity contribution is -0.141. The van der Waals surface area contributed by atoms with Gasteiger partial charge in [0, 0.05) is 57.9 Å². The Labute approximate surface area is 449 Å². The summed E-state index contributed by atoms with van der Waals surface area (Å²) in [4.78, 5) is 89.6. The van der Waals surface area contributed by atoms with Gasteiger partial charge in [0.1, 0.15) is 22.9 Å². The number of methoxy groups -OCH3 is 2. The Morgan fingerprint density at radius 2 is 1.36 bits per heavy atom. The third kappa shape index (κ3) is 12.2. The first kappa shape index (κ1) is 56.6. The Hall–Kier alpha value is -7.61. The van der Waals surface area contributed by atoms with Crippen molar-refractivity contribution < 1.29 is 56.1 Å². The summed E-state index contributed by atoms with van der Waals surface area (Å²) in [5, 5.41) is 15.5. The number of hydrogen-bond donors (Lipinski definition) is 3. The maximum absolute atomic E-state index is 15.1. The summed E-state index contributed by atoms with van der Waals surface area (Å²) >= 11 is 0. The van der Waals surface area contributed by atoms with Crippen LogP contribution in [0.25, 0.3) is 0 Å². The SMILES string of the molecule is COc1cccc(C(=O)N(Nc2ncc3c(n2)N(C2CCCCC2)CC(F)(F)C(=O)N3C)N2CCN(C(=O)CN(C)C)CC2)c1.COc1cccc(C(=O)O)c1Nc1ncc2c(n1)N(C1CC[C@@H](C)C1)CC(F)(F)C(=O)N2C. The number of nitrogens with zero attached hydrogens (tertiary/aromatic N) is 12. The predicted molar refractivity (Wildman–Crippen MR) is 282 cm³/mol. The van der Waals surface area contributed by atoms with Gasteiger partial charge in [-0.3, -0.25) is 19.2 Å². The molecule has 22 nitrogen and oxygen atoms in total. The van der Waals surface area contributed by atoms with Crippen molar-refractivity contribution in [2.45, 2.75) is 82.2 Å². The van der Waals surface area contributed by atoms with E-state index in [1.54, 1.807) is 40.2 Å². The summed E-state index contributed by atoms with van der Waals surface area (Å²) in [5.74, 6) is -9.92. The Kier molecular flexibility index (Phi) is 17.1. The summed E-state index contributed by atoms with van der Waals surface area (Å²) in [6.07, 6.45) is 9.17. The van der Waals surface area contributed by atoms with Crippen molar-refractivity contribution in [2.75, 3.05) is 119 Å². The number of benzene rings is 2. The highest BCUT2D eigenvalue weighted by Gasteiger charge is 2.50. The van der Waals surface area contributed by atoms with Crippen LogP contribution in [-0.4, -0.2) is 187 Å². The fourth-order valence-corrected chi connectivity index (χ4v) is 10.5. The molecular formula is C52H66F4N14O8. The van der Waals surface area contributed by atoms with Crippen LogP contribution in [0, 0.1) is 5.92 Å². The number of hydrogen-bond acceptors (Lipinski definition) is 17. The summed E-state index contributed by atoms with van der Waals surface area (Å²) in [6, 6.07) is 10.8. The van der Waals surface area contributed by atoms with Crippen molar-refractivity contribution >= 4 is 70.2 Å². The molecule has 2 saturated carbocycles. The lowest BCUT2D eigenvalue weighted by Gasteiger charge is -2.41. The summed E-state index contributed by atoms with van der Waals surface area (Å²) in [6.45, 7) is 2.22. The Morgan fingerprint density at radius 1 is 0.769 bits per heavy atom. The van der Waals surface area contributed by atoms with Crippen LogP contribution in [0.3, 0.4) is 0 Å². The first-order valence-corrected chi connectivity index (χ1v) is 25.8. The van der Waals surface area contributed by atoms with E-state index in [2.05, 4.69) is 37.6 Å². The molecular weight excluding hydrogens is 1020 g/mol. The van der Waals surface area contributed by atoms with Crippen molar-refractivity contribution in [1.82, 2.24) is 39.9 Å². The number of rotatable bonds is 13. The lowest BCUT2D eigenvalue weighted by Crippen LogP contribution is -2.59. The molecule has 3 N–H and O–H groups in total. The largest absolute Gasteiger partial charge is 0.497 e. The number of halogens is 4. The number of carbonyl (C=O) groups is 5. The van der Waals surface area contributed by atoms with Gasteiger partial charge in [-0.15, -0.1) is 0 Å². The van der Waals surface area contributed by atoms with Crippen LogP contribution < -0.4 is 39.8 Å². The van der Waals surface area contributed by atoms with Gasteiger partial charge < -0.3 is 49.3 Å². The van der Waals surface area contributed by atoms with Gasteiger partial charge >= 0.3 is 17.8 Å². The molecule has 0 spiro atoms. The Bertz CT molecular complexity index is 2870. The van der Waals surface area contributed by atoms with Gasteiger partial charge in [0.2, 0.25) is 17.8 Å². The quantitative estimate of drug-likeness (QED) is 0.105. The standard InChI is InChI=1S/C30H41F2N9O4.C22H25F2N5O4/c1-36(2)19-25(42)38-13-15-39(16-14-38)41(27(43)21-9-8-12-23(17-21)45-4)35-29-33-18-24-26(34-29)40(22-10-6-5-7-11-22)20-30(31,32)28(44)37(24)3;1-12-7-8-13(9-12)29-11-22(23,24)20(32)28(2)15-10-25-21(27-18(15)29)26-17-14(19(30)31)5-4-6-16(17)33-3/h8-9,12,17-18,22H,5-7,10-11,13-16,19-20H2,1-4H3,(H,33,34,35);4-6,10,12-13H,7-9,11H2,1-3H3,(H,30,31)(H,25,26,27)/t;12-,13?/m.1/s1. The number of aromatic nitrogens is 4. The number of alkyl halides is 4. The minimum absolute atomic E-state index is 0.00265. The zero-order chi connectivity index (χ0) is 56.2. The second-order valence-corrected chi connectivity index (χ2v) is 20.4. The van der Waals surface area contributed by atoms with E-state index < -0.39 is 48.6 Å². The number of nitrogens with one attached hydrogen (secondary N) is 2. The average Bonchev–Trinajstić information content (AvgIpc) is 3.99. The monoisotopic (exact) mass is 1090 g/mol. The van der Waals surface area contributed by atoms with E-state index in [9.17, 15) is 37.9 Å². The maximum atomic E-state index is 15.1. The first-order chi connectivity index (χ1) is 37.1. The molecule has 0 radical (unpaired) electrons. The Morgan fingerprint density at radius 3 is 1.92 bits per heavy atom. The molecule has 5 heterocycles. The van der Waals surface area contributed by atoms with Crippen LogP contribution in [0.4, 0.5) is 58.2 Å². The molecule has 78 heavy (non-hydrogen) atoms. The second kappa shape index (κ2) is 23.6. The highest BCUT2D eigenvalue weighted by Crippen LogP contribution is 2.43. The van der Waals surface area contributed by atoms with Crippen LogP contribution in [0.5, 0.6) is 11.5 Å². The van der Waals surface area contributed by atoms with E-state index >= 15 is 8.78 Å². The highest BCUT2D eigenvalue weighted by molar-refractivity contribution is 6.03. The molecule has 3 fully saturated rings. The van der Waals surface area contributed by atoms with E-state index in [1.807, 2.05) is 19.0 Å². The number of ether oxygens (including phenoxy) is 2. The molecule has 3 aliphatic heterocycles. The van der Waals surface area contributed by atoms with Crippen molar-refractivity contribution in [2.24, 2.45) is 5.92 Å². The van der Waals surface area contributed by atoms with Crippen LogP contribution in [0.2, 0.25) is 0 Å². The second-order valence-electron chi connectivity index (χ2n) is 20.4. The number of carboxylic acids is 1. The zero-order valence-electron chi connectivity index (χ0n) is 44.7. The van der Waals surface area contributed by atoms with Crippen LogP contribution in [0.1, 0.15) is 79.0 Å². The number of anilines is 7. The van der Waals surface area contributed by atoms with Crippen molar-refractivity contribution in [1.29, 1.82) is 0 Å². The van der Waals surface area contributed by atoms with Gasteiger partial charge in [0.15, 0.2) is 11.6 Å². The van der Waals surface area contributed by atoms with E-state index in [1.165, 1.54) is 67.8 Å². The zero-order valence-corrected chi connectivity index (χ0v) is 44.7. The molecule has 1 unspecified atom stereocenters. The highest BCUT2D eigenvalue weighted by atomic mass is 19.3. The molecule has 26 heteroatoms. The van der Waals surface area contributed by atoms with E-state index in [0.29, 0.717) is 69.1 Å². The molecule has 420 valence electrons. The third-order valence-electron chi connectivity index (χ3n) is 14.6. The molecule has 2 aromatic heterocycles. The molecule has 2 aromatic carbocycles. The van der Waals surface area contributed by atoms with Gasteiger partial charge in [-0.1, -0.05) is 38.3 Å². The molecule has 4 amide bonds. The Balaban J connectivity index is 0.000000216. The van der Waals surface area contributed by atoms with Crippen LogP contribution in [0.15, 0.2) is 54.9 Å². The number of carbonyl (C=O) groups excluding carboxylic acids is 4. The number of fused-ring (bicyclic) bond motifs is 2. The topological polar surface area (TPSA) is 226 Å². The van der Waals surface area contributed by atoms with E-state index in [0.717, 1.165) is 35.5 Å². The molecule has 9 rings (SSSR count). The smallest absolute Gasteiger partial charge is 0.342 e.